The Kier molecular flexibility index (Phi) is 4.58. The highest BCUT2D eigenvalue weighted by molar-refractivity contribution is 7.15. The molecule has 0 unspecified atom stereocenters. The van der Waals surface area contributed by atoms with Crippen molar-refractivity contribution in [3.05, 3.63) is 71.2 Å². The minimum absolute atomic E-state index is 0.920. The second-order valence-electron chi connectivity index (χ2n) is 5.90. The average molecular weight is 363 g/mol. The van der Waals surface area contributed by atoms with E-state index >= 15 is 0 Å². The highest BCUT2D eigenvalue weighted by atomic mass is 32.1. The number of nitrogens with zero attached hydrogens (tertiary/aromatic N) is 5. The Balaban J connectivity index is 1.79. The van der Waals surface area contributed by atoms with Crippen molar-refractivity contribution in [1.29, 1.82) is 0 Å². The molecule has 2 heterocycles. The summed E-state index contributed by atoms with van der Waals surface area (Å²) in [7, 11) is 0. The summed E-state index contributed by atoms with van der Waals surface area (Å²) in [5.74, 6) is 0. The third kappa shape index (κ3) is 2.93. The van der Waals surface area contributed by atoms with Crippen LogP contribution in [0.5, 0.6) is 0 Å². The zero-order valence-corrected chi connectivity index (χ0v) is 15.7. The van der Waals surface area contributed by atoms with Gasteiger partial charge in [-0.15, -0.1) is 15.3 Å². The normalized spacial score (nSPS) is 13.7. The molecule has 0 radical (unpaired) electrons. The Bertz CT molecular complexity index is 820. The van der Waals surface area contributed by atoms with Crippen molar-refractivity contribution in [2.24, 2.45) is 5.10 Å². The number of rotatable bonds is 5. The van der Waals surface area contributed by atoms with Gasteiger partial charge < -0.3 is 0 Å². The molecule has 0 bridgehead atoms. The van der Waals surface area contributed by atoms with Crippen molar-refractivity contribution in [1.82, 2.24) is 4.98 Å². The first-order valence-electron chi connectivity index (χ1n) is 8.84. The lowest BCUT2D eigenvalue weighted by Gasteiger charge is -2.32. The van der Waals surface area contributed by atoms with Gasteiger partial charge in [0.05, 0.1) is 17.1 Å². The number of benzene rings is 2. The van der Waals surface area contributed by atoms with E-state index in [9.17, 15) is 0 Å². The van der Waals surface area contributed by atoms with Crippen LogP contribution in [0.25, 0.3) is 0 Å². The number of hydrazone groups is 1. The number of hydrogen-bond acceptors (Lipinski definition) is 6. The zero-order valence-electron chi connectivity index (χ0n) is 14.9. The van der Waals surface area contributed by atoms with Gasteiger partial charge in [-0.05, 0) is 37.1 Å². The smallest absolute Gasteiger partial charge is 0.222 e. The van der Waals surface area contributed by atoms with Gasteiger partial charge in [-0.2, -0.15) is 0 Å². The summed E-state index contributed by atoms with van der Waals surface area (Å²) >= 11 is 1.73. The highest BCUT2D eigenvalue weighted by Gasteiger charge is 2.31. The van der Waals surface area contributed by atoms with Crippen LogP contribution in [0.4, 0.5) is 16.5 Å². The van der Waals surface area contributed by atoms with Crippen LogP contribution in [0.3, 0.4) is 0 Å². The van der Waals surface area contributed by atoms with Crippen LogP contribution < -0.4 is 15.2 Å². The third-order valence-electron chi connectivity index (χ3n) is 4.26. The van der Waals surface area contributed by atoms with Crippen molar-refractivity contribution in [2.45, 2.75) is 26.7 Å². The molecule has 0 saturated carbocycles. The first-order chi connectivity index (χ1) is 12.8. The lowest BCUT2D eigenvalue weighted by molar-refractivity contribution is 0.809. The zero-order chi connectivity index (χ0) is 17.9. The summed E-state index contributed by atoms with van der Waals surface area (Å²) in [5, 5.41) is 11.5. The maximum Gasteiger partial charge on any atom is 0.228 e. The molecule has 0 fully saturated rings. The van der Waals surface area contributed by atoms with Crippen LogP contribution in [0.15, 0.2) is 65.8 Å². The Hall–Kier alpha value is -2.86. The Morgan fingerprint density at radius 2 is 1.50 bits per heavy atom. The molecule has 0 N–H and O–H groups in total. The molecular formula is C20H21N5S. The van der Waals surface area contributed by atoms with Crippen LogP contribution in [-0.2, 0) is 12.8 Å². The van der Waals surface area contributed by atoms with E-state index in [-0.39, 0.29) is 0 Å². The molecule has 0 saturated heterocycles. The number of hydrazine groups is 2. The average Bonchev–Trinajstić information content (AvgIpc) is 3.33. The van der Waals surface area contributed by atoms with Crippen LogP contribution in [0.1, 0.15) is 24.4 Å². The first kappa shape index (κ1) is 16.6. The van der Waals surface area contributed by atoms with Crippen molar-refractivity contribution in [2.75, 3.05) is 15.2 Å². The summed E-state index contributed by atoms with van der Waals surface area (Å²) in [6, 6.07) is 20.4. The molecule has 5 nitrogen and oxygen atoms in total. The van der Waals surface area contributed by atoms with Crippen LogP contribution in [-0.4, -0.2) is 11.3 Å². The van der Waals surface area contributed by atoms with Gasteiger partial charge in [0.2, 0.25) is 5.13 Å². The third-order valence-corrected chi connectivity index (χ3v) is 5.46. The topological polar surface area (TPSA) is 35.0 Å². The molecule has 2 aromatic carbocycles. The van der Waals surface area contributed by atoms with Gasteiger partial charge in [-0.25, -0.2) is 9.99 Å². The predicted molar refractivity (Wildman–Crippen MR) is 110 cm³/mol. The second kappa shape index (κ2) is 7.17. The minimum atomic E-state index is 0.920. The summed E-state index contributed by atoms with van der Waals surface area (Å²) in [5.41, 5.74) is 3.20. The first-order valence-corrected chi connectivity index (χ1v) is 9.65. The minimum Gasteiger partial charge on any atom is -0.222 e. The standard InChI is InChI=1S/C20H21N5S/c1-3-18-19(4-2)26-20(22-18)25-23(16-11-7-5-8-12-16)15-21-24(25)17-13-9-6-10-14-17/h5-15H,3-4H2,1-2H3. The number of aryl methyl sites for hydroxylation is 2. The molecule has 1 aromatic heterocycles. The Morgan fingerprint density at radius 1 is 0.846 bits per heavy atom. The molecule has 132 valence electrons. The lowest BCUT2D eigenvalue weighted by Crippen LogP contribution is -2.46. The van der Waals surface area contributed by atoms with Gasteiger partial charge in [-0.3, -0.25) is 0 Å². The maximum atomic E-state index is 4.91. The van der Waals surface area contributed by atoms with Gasteiger partial charge in [0.15, 0.2) is 0 Å². The molecule has 0 spiro atoms. The molecule has 0 atom stereocenters. The largest absolute Gasteiger partial charge is 0.228 e. The maximum absolute atomic E-state index is 4.91. The van der Waals surface area contributed by atoms with Gasteiger partial charge in [0, 0.05) is 4.88 Å². The van der Waals surface area contributed by atoms with E-state index in [1.54, 1.807) is 11.3 Å². The highest BCUT2D eigenvalue weighted by Crippen LogP contribution is 2.35. The molecular weight excluding hydrogens is 342 g/mol. The fourth-order valence-corrected chi connectivity index (χ4v) is 4.04. The number of para-hydroxylation sites is 2. The quantitative estimate of drug-likeness (QED) is 0.647. The van der Waals surface area contributed by atoms with Crippen LogP contribution in [0.2, 0.25) is 0 Å². The van der Waals surface area contributed by atoms with E-state index in [1.165, 1.54) is 10.6 Å². The molecule has 0 aliphatic carbocycles. The van der Waals surface area contributed by atoms with E-state index in [1.807, 2.05) is 70.1 Å². The van der Waals surface area contributed by atoms with Crippen molar-refractivity contribution in [3.8, 4) is 0 Å². The molecule has 26 heavy (non-hydrogen) atoms. The monoisotopic (exact) mass is 363 g/mol. The number of thiazole rings is 1. The SMILES string of the molecule is CCc1nc(N2N(c3ccccc3)C=NN2c2ccccc2)sc1CC. The Labute approximate surface area is 157 Å². The van der Waals surface area contributed by atoms with Crippen LogP contribution in [0, 0.1) is 0 Å². The van der Waals surface area contributed by atoms with E-state index in [4.69, 9.17) is 4.98 Å². The molecule has 0 amide bonds. The summed E-state index contributed by atoms with van der Waals surface area (Å²) in [4.78, 5) is 6.24. The van der Waals surface area contributed by atoms with Crippen molar-refractivity contribution >= 4 is 34.2 Å². The fourth-order valence-electron chi connectivity index (χ4n) is 2.96. The van der Waals surface area contributed by atoms with Crippen LogP contribution >= 0.6 is 11.3 Å². The van der Waals surface area contributed by atoms with E-state index in [2.05, 4.69) is 31.1 Å². The van der Waals surface area contributed by atoms with Gasteiger partial charge in [-0.1, -0.05) is 61.6 Å². The molecule has 1 aliphatic rings. The molecule has 6 heteroatoms. The Morgan fingerprint density at radius 3 is 2.08 bits per heavy atom. The lowest BCUT2D eigenvalue weighted by atomic mass is 10.2. The molecule has 4 rings (SSSR count). The summed E-state index contributed by atoms with van der Waals surface area (Å²) in [6.07, 6.45) is 3.76. The van der Waals surface area contributed by atoms with E-state index in [0.29, 0.717) is 0 Å². The van der Waals surface area contributed by atoms with Gasteiger partial charge >= 0.3 is 0 Å². The van der Waals surface area contributed by atoms with E-state index in [0.717, 1.165) is 29.3 Å². The summed E-state index contributed by atoms with van der Waals surface area (Å²) in [6.45, 7) is 4.34. The van der Waals surface area contributed by atoms with E-state index < -0.39 is 0 Å². The number of hydrogen-bond donors (Lipinski definition) is 0. The fraction of sp³-hybridized carbons (Fsp3) is 0.200. The van der Waals surface area contributed by atoms with Crippen molar-refractivity contribution in [3.63, 3.8) is 0 Å². The molecule has 3 aromatic rings. The second-order valence-corrected chi connectivity index (χ2v) is 6.96. The predicted octanol–water partition coefficient (Wildman–Crippen LogP) is 4.87. The van der Waals surface area contributed by atoms with Gasteiger partial charge in [0.25, 0.3) is 0 Å². The van der Waals surface area contributed by atoms with Crippen molar-refractivity contribution < 1.29 is 0 Å². The van der Waals surface area contributed by atoms with Gasteiger partial charge in [0.1, 0.15) is 6.34 Å². The number of anilines is 3. The number of aromatic nitrogens is 1. The summed E-state index contributed by atoms with van der Waals surface area (Å²) < 4.78 is 0. The molecule has 1 aliphatic heterocycles.